The number of thiophene rings is 1. The van der Waals surface area contributed by atoms with Crippen molar-refractivity contribution in [3.63, 3.8) is 0 Å². The van der Waals surface area contributed by atoms with E-state index in [0.29, 0.717) is 25.9 Å². The first kappa shape index (κ1) is 21.3. The van der Waals surface area contributed by atoms with Crippen LogP contribution in [0.25, 0.3) is 10.4 Å². The van der Waals surface area contributed by atoms with E-state index in [2.05, 4.69) is 46.2 Å². The van der Waals surface area contributed by atoms with Gasteiger partial charge in [-0.25, -0.2) is 0 Å². The lowest BCUT2D eigenvalue weighted by atomic mass is 9.79. The Labute approximate surface area is 186 Å². The molecule has 7 heteroatoms. The third-order valence-electron chi connectivity index (χ3n) is 5.98. The molecule has 0 radical (unpaired) electrons. The Kier molecular flexibility index (Phi) is 5.96. The van der Waals surface area contributed by atoms with Crippen molar-refractivity contribution >= 4 is 23.2 Å². The molecule has 162 valence electrons. The predicted octanol–water partition coefficient (Wildman–Crippen LogP) is 4.35. The number of likely N-dealkylation sites (tertiary alicyclic amines) is 1. The van der Waals surface area contributed by atoms with E-state index in [1.165, 1.54) is 10.4 Å². The highest BCUT2D eigenvalue weighted by Crippen LogP contribution is 2.36. The molecule has 0 unspecified atom stereocenters. The van der Waals surface area contributed by atoms with Crippen LogP contribution in [0.2, 0.25) is 0 Å². The van der Waals surface area contributed by atoms with E-state index in [1.54, 1.807) is 29.4 Å². The molecule has 0 spiro atoms. The van der Waals surface area contributed by atoms with Crippen LogP contribution in [0.4, 0.5) is 0 Å². The number of hydrogen-bond donors (Lipinski definition) is 1. The van der Waals surface area contributed by atoms with Gasteiger partial charge in [0.2, 0.25) is 11.7 Å². The van der Waals surface area contributed by atoms with Gasteiger partial charge in [-0.3, -0.25) is 9.59 Å². The molecular weight excluding hydrogens is 410 g/mol. The molecule has 0 bridgehead atoms. The summed E-state index contributed by atoms with van der Waals surface area (Å²) in [4.78, 5) is 28.8. The van der Waals surface area contributed by atoms with E-state index in [1.807, 2.05) is 19.9 Å². The van der Waals surface area contributed by atoms with Crippen molar-refractivity contribution in [3.05, 3.63) is 64.9 Å². The van der Waals surface area contributed by atoms with Crippen LogP contribution in [0.15, 0.2) is 52.4 Å². The fourth-order valence-corrected chi connectivity index (χ4v) is 4.89. The summed E-state index contributed by atoms with van der Waals surface area (Å²) < 4.78 is 5.28. The number of aromatic nitrogens is 1. The normalized spacial score (nSPS) is 18.5. The van der Waals surface area contributed by atoms with E-state index in [4.69, 9.17) is 4.52 Å². The van der Waals surface area contributed by atoms with Crippen LogP contribution in [0.1, 0.15) is 48.0 Å². The molecule has 6 nitrogen and oxygen atoms in total. The Morgan fingerprint density at radius 3 is 2.65 bits per heavy atom. The maximum atomic E-state index is 13.0. The summed E-state index contributed by atoms with van der Waals surface area (Å²) in [7, 11) is 1.65. The van der Waals surface area contributed by atoms with Crippen molar-refractivity contribution in [2.45, 2.75) is 32.6 Å². The van der Waals surface area contributed by atoms with Crippen molar-refractivity contribution in [1.82, 2.24) is 15.4 Å². The summed E-state index contributed by atoms with van der Waals surface area (Å²) in [5.41, 5.74) is 2.35. The molecule has 1 fully saturated rings. The van der Waals surface area contributed by atoms with Crippen molar-refractivity contribution < 1.29 is 14.1 Å². The minimum absolute atomic E-state index is 0.0365. The lowest BCUT2D eigenvalue weighted by Gasteiger charge is -2.27. The summed E-state index contributed by atoms with van der Waals surface area (Å²) in [6.07, 6.45) is 1.19. The predicted molar refractivity (Wildman–Crippen MR) is 121 cm³/mol. The van der Waals surface area contributed by atoms with Crippen LogP contribution in [0, 0.1) is 5.41 Å². The molecule has 1 atom stereocenters. The van der Waals surface area contributed by atoms with Gasteiger partial charge in [0.1, 0.15) is 0 Å². The van der Waals surface area contributed by atoms with Crippen LogP contribution in [0.5, 0.6) is 0 Å². The summed E-state index contributed by atoms with van der Waals surface area (Å²) in [5.74, 6) is 0.173. The van der Waals surface area contributed by atoms with E-state index in [-0.39, 0.29) is 23.5 Å². The lowest BCUT2D eigenvalue weighted by Crippen LogP contribution is -2.44. The SMILES string of the molecule is CNC(=O)[C@]1(Cc2ccc(-c3cccs3)cc2)CCN(C(=O)c2cc(C(C)C)no2)C1. The van der Waals surface area contributed by atoms with Crippen LogP contribution < -0.4 is 5.32 Å². The topological polar surface area (TPSA) is 75.4 Å². The van der Waals surface area contributed by atoms with Gasteiger partial charge in [0, 0.05) is 31.1 Å². The number of carbonyl (C=O) groups excluding carboxylic acids is 2. The zero-order valence-electron chi connectivity index (χ0n) is 18.1. The van der Waals surface area contributed by atoms with Gasteiger partial charge in [-0.05, 0) is 41.3 Å². The van der Waals surface area contributed by atoms with Gasteiger partial charge in [-0.2, -0.15) is 0 Å². The van der Waals surface area contributed by atoms with E-state index >= 15 is 0 Å². The Hall–Kier alpha value is -2.93. The van der Waals surface area contributed by atoms with Crippen LogP contribution in [0.3, 0.4) is 0 Å². The van der Waals surface area contributed by atoms with Gasteiger partial charge < -0.3 is 14.7 Å². The van der Waals surface area contributed by atoms with Gasteiger partial charge in [-0.15, -0.1) is 11.3 Å². The first-order valence-corrected chi connectivity index (χ1v) is 11.4. The number of rotatable bonds is 6. The molecule has 0 saturated carbocycles. The van der Waals surface area contributed by atoms with Crippen LogP contribution >= 0.6 is 11.3 Å². The number of nitrogens with zero attached hydrogens (tertiary/aromatic N) is 2. The molecule has 2 aromatic heterocycles. The quantitative estimate of drug-likeness (QED) is 0.622. The molecule has 1 aromatic carbocycles. The molecule has 3 aromatic rings. The summed E-state index contributed by atoms with van der Waals surface area (Å²) in [6.45, 7) is 4.87. The highest BCUT2D eigenvalue weighted by molar-refractivity contribution is 7.13. The largest absolute Gasteiger partial charge is 0.359 e. The fraction of sp³-hybridized carbons (Fsp3) is 0.375. The van der Waals surface area contributed by atoms with Crippen LogP contribution in [-0.4, -0.2) is 42.0 Å². The van der Waals surface area contributed by atoms with E-state index in [9.17, 15) is 9.59 Å². The van der Waals surface area contributed by atoms with Gasteiger partial charge in [0.05, 0.1) is 11.1 Å². The standard InChI is InChI=1S/C24H27N3O3S/c1-16(2)19-13-20(30-26-19)22(28)27-11-10-24(15-27,23(29)25-3)14-17-6-8-18(9-7-17)21-5-4-12-31-21/h4-9,12-13,16H,10-11,14-15H2,1-3H3,(H,25,29)/t24-/m0/s1. The Morgan fingerprint density at radius 1 is 1.26 bits per heavy atom. The van der Waals surface area contributed by atoms with Crippen molar-refractivity contribution in [2.24, 2.45) is 5.41 Å². The molecule has 1 saturated heterocycles. The molecule has 4 rings (SSSR count). The first-order valence-electron chi connectivity index (χ1n) is 10.5. The molecule has 2 amide bonds. The van der Waals surface area contributed by atoms with Gasteiger partial charge in [0.15, 0.2) is 0 Å². The van der Waals surface area contributed by atoms with Gasteiger partial charge >= 0.3 is 0 Å². The summed E-state index contributed by atoms with van der Waals surface area (Å²) in [6, 6.07) is 14.2. The number of hydrogen-bond acceptors (Lipinski definition) is 5. The first-order chi connectivity index (χ1) is 14.9. The number of carbonyl (C=O) groups is 2. The maximum Gasteiger partial charge on any atom is 0.292 e. The molecular formula is C24H27N3O3S. The average Bonchev–Trinajstić information content (AvgIpc) is 3.54. The molecule has 1 aliphatic heterocycles. The van der Waals surface area contributed by atoms with E-state index < -0.39 is 5.41 Å². The second kappa shape index (κ2) is 8.67. The van der Waals surface area contributed by atoms with Crippen molar-refractivity contribution in [1.29, 1.82) is 0 Å². The molecule has 3 heterocycles. The van der Waals surface area contributed by atoms with Crippen LogP contribution in [-0.2, 0) is 11.2 Å². The fourth-order valence-electron chi connectivity index (χ4n) is 4.16. The van der Waals surface area contributed by atoms with Crippen molar-refractivity contribution in [3.8, 4) is 10.4 Å². The third kappa shape index (κ3) is 4.28. The van der Waals surface area contributed by atoms with Gasteiger partial charge in [0.25, 0.3) is 5.91 Å². The maximum absolute atomic E-state index is 13.0. The Morgan fingerprint density at radius 2 is 2.03 bits per heavy atom. The third-order valence-corrected chi connectivity index (χ3v) is 6.90. The highest BCUT2D eigenvalue weighted by atomic mass is 32.1. The zero-order chi connectivity index (χ0) is 22.0. The van der Waals surface area contributed by atoms with E-state index in [0.717, 1.165) is 11.3 Å². The molecule has 0 aliphatic carbocycles. The molecule has 1 N–H and O–H groups in total. The Balaban J connectivity index is 1.52. The monoisotopic (exact) mass is 437 g/mol. The smallest absolute Gasteiger partial charge is 0.292 e. The lowest BCUT2D eigenvalue weighted by molar-refractivity contribution is -0.129. The van der Waals surface area contributed by atoms with Crippen molar-refractivity contribution in [2.75, 3.05) is 20.1 Å². The number of benzene rings is 1. The molecule has 1 aliphatic rings. The zero-order valence-corrected chi connectivity index (χ0v) is 18.9. The second-order valence-electron chi connectivity index (χ2n) is 8.46. The van der Waals surface area contributed by atoms with Gasteiger partial charge in [-0.1, -0.05) is 49.3 Å². The average molecular weight is 438 g/mol. The minimum atomic E-state index is -0.657. The molecule has 31 heavy (non-hydrogen) atoms. The summed E-state index contributed by atoms with van der Waals surface area (Å²) in [5, 5.41) is 8.86. The number of amides is 2. The highest BCUT2D eigenvalue weighted by Gasteiger charge is 2.46. The minimum Gasteiger partial charge on any atom is -0.359 e. The second-order valence-corrected chi connectivity index (χ2v) is 9.41. The Bertz CT molecular complexity index is 1060. The number of nitrogens with one attached hydrogen (secondary N) is 1. The summed E-state index contributed by atoms with van der Waals surface area (Å²) >= 11 is 1.71.